The summed E-state index contributed by atoms with van der Waals surface area (Å²) in [6, 6.07) is 19.5. The van der Waals surface area contributed by atoms with Gasteiger partial charge in [-0.05, 0) is 35.4 Å². The number of ether oxygens (including phenoxy) is 1. The molecule has 0 aromatic heterocycles. The van der Waals surface area contributed by atoms with E-state index in [0.717, 1.165) is 16.8 Å². The van der Waals surface area contributed by atoms with Crippen molar-refractivity contribution in [1.82, 2.24) is 0 Å². The maximum atomic E-state index is 8.63. The summed E-state index contributed by atoms with van der Waals surface area (Å²) in [5.74, 6) is 0.695. The fourth-order valence-corrected chi connectivity index (χ4v) is 1.90. The number of hydrogen-bond donors (Lipinski definition) is 1. The number of benzene rings is 2. The molecule has 1 N–H and O–H groups in total. The summed E-state index contributed by atoms with van der Waals surface area (Å²) in [6.45, 7) is 0.721. The number of rotatable bonds is 6. The Morgan fingerprint density at radius 2 is 1.76 bits per heavy atom. The average molecular weight is 277 g/mol. The molecule has 0 amide bonds. The zero-order valence-corrected chi connectivity index (χ0v) is 11.5. The summed E-state index contributed by atoms with van der Waals surface area (Å²) in [4.78, 5) is 0. The largest absolute Gasteiger partial charge is 0.479 e. The van der Waals surface area contributed by atoms with Crippen LogP contribution < -0.4 is 10.1 Å². The van der Waals surface area contributed by atoms with E-state index >= 15 is 0 Å². The quantitative estimate of drug-likeness (QED) is 0.879. The molecule has 0 radical (unpaired) electrons. The van der Waals surface area contributed by atoms with Gasteiger partial charge in [0, 0.05) is 12.2 Å². The van der Waals surface area contributed by atoms with Gasteiger partial charge in [0.05, 0.1) is 12.5 Å². The van der Waals surface area contributed by atoms with E-state index < -0.39 is 0 Å². The summed E-state index contributed by atoms with van der Waals surface area (Å²) < 4.78 is 5.27. The Bertz CT molecular complexity index is 666. The Morgan fingerprint density at radius 1 is 0.952 bits per heavy atom. The molecule has 2 aromatic carbocycles. The van der Waals surface area contributed by atoms with Crippen LogP contribution in [0.4, 0.5) is 5.69 Å². The SMILES string of the molecule is N#CCOc1cccc(CNc2ccc(CC#N)cc2)c1. The predicted molar refractivity (Wildman–Crippen MR) is 80.6 cm³/mol. The second kappa shape index (κ2) is 7.57. The first kappa shape index (κ1) is 14.4. The molecule has 0 aliphatic carbocycles. The van der Waals surface area contributed by atoms with Gasteiger partial charge in [0.1, 0.15) is 11.8 Å². The lowest BCUT2D eigenvalue weighted by Crippen LogP contribution is -2.00. The Morgan fingerprint density at radius 3 is 2.48 bits per heavy atom. The van der Waals surface area contributed by atoms with Gasteiger partial charge in [0.15, 0.2) is 6.61 Å². The molecule has 0 unspecified atom stereocenters. The fourth-order valence-electron chi connectivity index (χ4n) is 1.90. The standard InChI is InChI=1S/C17H15N3O/c18-9-8-14-4-6-16(7-5-14)20-13-15-2-1-3-17(12-15)21-11-10-19/h1-7,12,20H,8,11,13H2. The van der Waals surface area contributed by atoms with Crippen LogP contribution in [0.25, 0.3) is 0 Å². The minimum absolute atomic E-state index is 0.0528. The minimum Gasteiger partial charge on any atom is -0.479 e. The van der Waals surface area contributed by atoms with Crippen LogP contribution in [0, 0.1) is 22.7 Å². The molecular formula is C17H15N3O. The molecule has 0 aliphatic rings. The van der Waals surface area contributed by atoms with Gasteiger partial charge in [-0.2, -0.15) is 10.5 Å². The van der Waals surface area contributed by atoms with Gasteiger partial charge in [-0.3, -0.25) is 0 Å². The summed E-state index contributed by atoms with van der Waals surface area (Å²) in [7, 11) is 0. The molecule has 4 heteroatoms. The average Bonchev–Trinajstić information content (AvgIpc) is 2.53. The third-order valence-electron chi connectivity index (χ3n) is 2.94. The molecule has 0 saturated carbocycles. The Balaban J connectivity index is 1.93. The Hall–Kier alpha value is -2.98. The molecule has 2 aromatic rings. The second-order valence-electron chi connectivity index (χ2n) is 4.48. The summed E-state index contributed by atoms with van der Waals surface area (Å²) in [5.41, 5.74) is 3.08. The second-order valence-corrected chi connectivity index (χ2v) is 4.48. The van der Waals surface area contributed by atoms with Crippen LogP contribution in [0.5, 0.6) is 5.75 Å². The van der Waals surface area contributed by atoms with Gasteiger partial charge in [0.2, 0.25) is 0 Å². The summed E-state index contributed by atoms with van der Waals surface area (Å²) in [5, 5.41) is 20.4. The van der Waals surface area contributed by atoms with Crippen molar-refractivity contribution in [3.05, 3.63) is 59.7 Å². The van der Waals surface area contributed by atoms with Crippen molar-refractivity contribution in [2.24, 2.45) is 0 Å². The molecule has 104 valence electrons. The van der Waals surface area contributed by atoms with Crippen LogP contribution >= 0.6 is 0 Å². The molecule has 4 nitrogen and oxygen atoms in total. The first-order valence-electron chi connectivity index (χ1n) is 6.60. The van der Waals surface area contributed by atoms with Crippen molar-refractivity contribution in [3.8, 4) is 17.9 Å². The predicted octanol–water partition coefficient (Wildman–Crippen LogP) is 3.27. The highest BCUT2D eigenvalue weighted by atomic mass is 16.5. The van der Waals surface area contributed by atoms with E-state index in [-0.39, 0.29) is 6.61 Å². The van der Waals surface area contributed by atoms with Crippen LogP contribution in [0.3, 0.4) is 0 Å². The highest BCUT2D eigenvalue weighted by Crippen LogP contribution is 2.16. The van der Waals surface area contributed by atoms with Crippen molar-refractivity contribution in [1.29, 1.82) is 10.5 Å². The van der Waals surface area contributed by atoms with Crippen molar-refractivity contribution < 1.29 is 4.74 Å². The van der Waals surface area contributed by atoms with Gasteiger partial charge < -0.3 is 10.1 Å². The molecule has 0 saturated heterocycles. The van der Waals surface area contributed by atoms with Crippen LogP contribution in [0.2, 0.25) is 0 Å². The van der Waals surface area contributed by atoms with E-state index in [0.29, 0.717) is 18.7 Å². The molecule has 0 aliphatic heterocycles. The normalized spacial score (nSPS) is 9.43. The first-order valence-corrected chi connectivity index (χ1v) is 6.60. The fraction of sp³-hybridized carbons (Fsp3) is 0.176. The van der Waals surface area contributed by atoms with E-state index in [1.807, 2.05) is 54.6 Å². The Kier molecular flexibility index (Phi) is 5.20. The zero-order valence-electron chi connectivity index (χ0n) is 11.5. The zero-order chi connectivity index (χ0) is 14.9. The lowest BCUT2D eigenvalue weighted by Gasteiger charge is -2.08. The van der Waals surface area contributed by atoms with Crippen molar-refractivity contribution >= 4 is 5.69 Å². The molecular weight excluding hydrogens is 262 g/mol. The molecule has 0 bridgehead atoms. The van der Waals surface area contributed by atoms with Gasteiger partial charge in [-0.1, -0.05) is 24.3 Å². The van der Waals surface area contributed by atoms with Gasteiger partial charge in [0.25, 0.3) is 0 Å². The molecule has 0 heterocycles. The third kappa shape index (κ3) is 4.56. The van der Waals surface area contributed by atoms with Gasteiger partial charge in [-0.25, -0.2) is 0 Å². The highest BCUT2D eigenvalue weighted by Gasteiger charge is 1.98. The lowest BCUT2D eigenvalue weighted by atomic mass is 10.1. The molecule has 2 rings (SSSR count). The lowest BCUT2D eigenvalue weighted by molar-refractivity contribution is 0.368. The molecule has 21 heavy (non-hydrogen) atoms. The maximum absolute atomic E-state index is 8.63. The van der Waals surface area contributed by atoms with E-state index in [1.165, 1.54) is 0 Å². The maximum Gasteiger partial charge on any atom is 0.174 e. The number of nitrogens with zero attached hydrogens (tertiary/aromatic N) is 2. The van der Waals surface area contributed by atoms with Gasteiger partial charge >= 0.3 is 0 Å². The van der Waals surface area contributed by atoms with Crippen LogP contribution in [0.1, 0.15) is 11.1 Å². The molecule has 0 fully saturated rings. The number of nitriles is 2. The number of hydrogen-bond acceptors (Lipinski definition) is 4. The Labute approximate surface area is 124 Å². The van der Waals surface area contributed by atoms with Crippen LogP contribution in [0.15, 0.2) is 48.5 Å². The number of nitrogens with one attached hydrogen (secondary N) is 1. The smallest absolute Gasteiger partial charge is 0.174 e. The van der Waals surface area contributed by atoms with E-state index in [2.05, 4.69) is 11.4 Å². The molecule has 0 spiro atoms. The first-order chi connectivity index (χ1) is 10.3. The van der Waals surface area contributed by atoms with Crippen LogP contribution in [-0.4, -0.2) is 6.61 Å². The van der Waals surface area contributed by atoms with Crippen molar-refractivity contribution in [2.75, 3.05) is 11.9 Å². The van der Waals surface area contributed by atoms with Gasteiger partial charge in [-0.15, -0.1) is 0 Å². The number of anilines is 1. The molecule has 0 atom stereocenters. The third-order valence-corrected chi connectivity index (χ3v) is 2.94. The van der Waals surface area contributed by atoms with E-state index in [4.69, 9.17) is 15.3 Å². The van der Waals surface area contributed by atoms with E-state index in [1.54, 1.807) is 0 Å². The monoisotopic (exact) mass is 277 g/mol. The van der Waals surface area contributed by atoms with Crippen molar-refractivity contribution in [2.45, 2.75) is 13.0 Å². The topological polar surface area (TPSA) is 68.8 Å². The summed E-state index contributed by atoms with van der Waals surface area (Å²) in [6.07, 6.45) is 0.429. The van der Waals surface area contributed by atoms with Crippen molar-refractivity contribution in [3.63, 3.8) is 0 Å². The summed E-state index contributed by atoms with van der Waals surface area (Å²) >= 11 is 0. The van der Waals surface area contributed by atoms with E-state index in [9.17, 15) is 0 Å². The highest BCUT2D eigenvalue weighted by molar-refractivity contribution is 5.46. The van der Waals surface area contributed by atoms with Crippen LogP contribution in [-0.2, 0) is 13.0 Å². The minimum atomic E-state index is 0.0528.